The summed E-state index contributed by atoms with van der Waals surface area (Å²) in [5.74, 6) is -0.403. The van der Waals surface area contributed by atoms with Gasteiger partial charge in [-0.15, -0.1) is 0 Å². The lowest BCUT2D eigenvalue weighted by Crippen LogP contribution is -2.19. The molecule has 106 valence electrons. The van der Waals surface area contributed by atoms with Crippen molar-refractivity contribution in [1.29, 1.82) is 0 Å². The molecule has 0 saturated heterocycles. The van der Waals surface area contributed by atoms with E-state index >= 15 is 0 Å². The van der Waals surface area contributed by atoms with Crippen molar-refractivity contribution in [2.45, 2.75) is 12.5 Å². The Morgan fingerprint density at radius 2 is 2.00 bits per heavy atom. The Balaban J connectivity index is 2.34. The summed E-state index contributed by atoms with van der Waals surface area (Å²) >= 11 is 15.7. The molecule has 1 N–H and O–H groups in total. The molecular weight excluding hydrogens is 364 g/mol. The highest BCUT2D eigenvalue weighted by Gasteiger charge is 2.16. The average Bonchev–Trinajstić information content (AvgIpc) is 2.43. The fraction of sp³-hybridized carbons (Fsp3) is 0.200. The van der Waals surface area contributed by atoms with Crippen molar-refractivity contribution in [2.24, 2.45) is 0 Å². The SMILES string of the molecule is CNC(Cc1cccc(F)c1Cl)c1cc(Br)ccc1Cl. The van der Waals surface area contributed by atoms with Crippen LogP contribution in [-0.2, 0) is 6.42 Å². The molecule has 2 aromatic carbocycles. The van der Waals surface area contributed by atoms with Crippen molar-refractivity contribution in [3.63, 3.8) is 0 Å². The summed E-state index contributed by atoms with van der Waals surface area (Å²) in [6.07, 6.45) is 0.559. The zero-order chi connectivity index (χ0) is 14.7. The molecule has 0 aromatic heterocycles. The zero-order valence-corrected chi connectivity index (χ0v) is 13.9. The van der Waals surface area contributed by atoms with Gasteiger partial charge in [0.25, 0.3) is 0 Å². The Bertz CT molecular complexity index is 619. The Morgan fingerprint density at radius 3 is 2.70 bits per heavy atom. The highest BCUT2D eigenvalue weighted by atomic mass is 79.9. The second-order valence-corrected chi connectivity index (χ2v) is 6.13. The molecule has 0 radical (unpaired) electrons. The van der Waals surface area contributed by atoms with Gasteiger partial charge in [-0.2, -0.15) is 0 Å². The van der Waals surface area contributed by atoms with Gasteiger partial charge in [-0.3, -0.25) is 0 Å². The molecule has 20 heavy (non-hydrogen) atoms. The maximum atomic E-state index is 13.5. The zero-order valence-electron chi connectivity index (χ0n) is 10.8. The molecule has 0 fully saturated rings. The van der Waals surface area contributed by atoms with Crippen LogP contribution in [0.5, 0.6) is 0 Å². The van der Waals surface area contributed by atoms with E-state index in [1.54, 1.807) is 6.07 Å². The molecule has 0 saturated carbocycles. The number of likely N-dealkylation sites (N-methyl/N-ethyl adjacent to an activating group) is 1. The average molecular weight is 377 g/mol. The fourth-order valence-corrected chi connectivity index (χ4v) is 2.91. The minimum absolute atomic E-state index is 0.0423. The molecule has 0 aliphatic rings. The Morgan fingerprint density at radius 1 is 1.25 bits per heavy atom. The van der Waals surface area contributed by atoms with Gasteiger partial charge in [0.05, 0.1) is 5.02 Å². The van der Waals surface area contributed by atoms with Crippen molar-refractivity contribution in [1.82, 2.24) is 5.32 Å². The molecule has 0 aliphatic heterocycles. The molecule has 0 amide bonds. The summed E-state index contributed by atoms with van der Waals surface area (Å²) in [5.41, 5.74) is 1.70. The quantitative estimate of drug-likeness (QED) is 0.753. The van der Waals surface area contributed by atoms with Gasteiger partial charge < -0.3 is 5.32 Å². The van der Waals surface area contributed by atoms with E-state index in [9.17, 15) is 4.39 Å². The number of hydrogen-bond acceptors (Lipinski definition) is 1. The van der Waals surface area contributed by atoms with Gasteiger partial charge in [0.1, 0.15) is 5.82 Å². The van der Waals surface area contributed by atoms with Crippen LogP contribution in [-0.4, -0.2) is 7.05 Å². The first-order chi connectivity index (χ1) is 9.52. The molecule has 2 aromatic rings. The van der Waals surface area contributed by atoms with Crippen LogP contribution in [0.3, 0.4) is 0 Å². The highest BCUT2D eigenvalue weighted by molar-refractivity contribution is 9.10. The maximum absolute atomic E-state index is 13.5. The second kappa shape index (κ2) is 6.90. The minimum atomic E-state index is -0.403. The van der Waals surface area contributed by atoms with Crippen molar-refractivity contribution in [2.75, 3.05) is 7.05 Å². The monoisotopic (exact) mass is 375 g/mol. The fourth-order valence-electron chi connectivity index (χ4n) is 2.08. The number of nitrogens with one attached hydrogen (secondary N) is 1. The lowest BCUT2D eigenvalue weighted by atomic mass is 9.99. The summed E-state index contributed by atoms with van der Waals surface area (Å²) in [7, 11) is 1.84. The Hall–Kier alpha value is -0.610. The molecule has 0 bridgehead atoms. The topological polar surface area (TPSA) is 12.0 Å². The Labute approximate surface area is 136 Å². The van der Waals surface area contributed by atoms with Crippen molar-refractivity contribution < 1.29 is 4.39 Å². The summed E-state index contributed by atoms with van der Waals surface area (Å²) in [5, 5.41) is 4.03. The van der Waals surface area contributed by atoms with Crippen LogP contribution < -0.4 is 5.32 Å². The standard InChI is InChI=1S/C15H13BrCl2FN/c1-20-14(11-8-10(16)5-6-12(11)17)7-9-3-2-4-13(19)15(9)18/h2-6,8,14,20H,7H2,1H3. The van der Waals surface area contributed by atoms with Crippen LogP contribution in [0.15, 0.2) is 40.9 Å². The van der Waals surface area contributed by atoms with E-state index < -0.39 is 5.82 Å². The third-order valence-electron chi connectivity index (χ3n) is 3.14. The molecule has 0 heterocycles. The summed E-state index contributed by atoms with van der Waals surface area (Å²) < 4.78 is 14.4. The number of rotatable bonds is 4. The van der Waals surface area contributed by atoms with Gasteiger partial charge in [0.2, 0.25) is 0 Å². The van der Waals surface area contributed by atoms with E-state index in [2.05, 4.69) is 21.2 Å². The van der Waals surface area contributed by atoms with E-state index in [-0.39, 0.29) is 11.1 Å². The lowest BCUT2D eigenvalue weighted by Gasteiger charge is -2.19. The largest absolute Gasteiger partial charge is 0.313 e. The number of hydrogen-bond donors (Lipinski definition) is 1. The van der Waals surface area contributed by atoms with Crippen LogP contribution >= 0.6 is 39.1 Å². The van der Waals surface area contributed by atoms with Gasteiger partial charge in [-0.25, -0.2) is 4.39 Å². The van der Waals surface area contributed by atoms with E-state index in [4.69, 9.17) is 23.2 Å². The summed E-state index contributed by atoms with van der Waals surface area (Å²) in [4.78, 5) is 0. The van der Waals surface area contributed by atoms with Gasteiger partial charge >= 0.3 is 0 Å². The third-order valence-corrected chi connectivity index (χ3v) is 4.40. The predicted octanol–water partition coefficient (Wildman–Crippen LogP) is 5.40. The van der Waals surface area contributed by atoms with Crippen LogP contribution in [0.1, 0.15) is 17.2 Å². The molecular formula is C15H13BrCl2FN. The maximum Gasteiger partial charge on any atom is 0.142 e. The van der Waals surface area contributed by atoms with E-state index in [1.807, 2.05) is 31.3 Å². The van der Waals surface area contributed by atoms with Gasteiger partial charge in [0.15, 0.2) is 0 Å². The number of benzene rings is 2. The predicted molar refractivity (Wildman–Crippen MR) is 86.1 cm³/mol. The molecule has 2 rings (SSSR count). The number of halogens is 4. The first-order valence-corrected chi connectivity index (χ1v) is 7.63. The molecule has 1 nitrogen and oxygen atoms in total. The lowest BCUT2D eigenvalue weighted by molar-refractivity contribution is 0.584. The molecule has 0 aliphatic carbocycles. The van der Waals surface area contributed by atoms with Gasteiger partial charge in [0, 0.05) is 15.5 Å². The first-order valence-electron chi connectivity index (χ1n) is 6.08. The smallest absolute Gasteiger partial charge is 0.142 e. The van der Waals surface area contributed by atoms with E-state index in [1.165, 1.54) is 6.07 Å². The normalized spacial score (nSPS) is 12.4. The summed E-state index contributed by atoms with van der Waals surface area (Å²) in [6.45, 7) is 0. The Kier molecular flexibility index (Phi) is 5.44. The van der Waals surface area contributed by atoms with E-state index in [0.717, 1.165) is 15.6 Å². The van der Waals surface area contributed by atoms with Gasteiger partial charge in [-0.05, 0) is 48.9 Å². The molecule has 0 spiro atoms. The third kappa shape index (κ3) is 3.53. The minimum Gasteiger partial charge on any atom is -0.313 e. The van der Waals surface area contributed by atoms with Crippen LogP contribution in [0.4, 0.5) is 4.39 Å². The summed E-state index contributed by atoms with van der Waals surface area (Å²) in [6, 6.07) is 10.5. The van der Waals surface area contributed by atoms with Crippen molar-refractivity contribution in [3.8, 4) is 0 Å². The molecule has 1 unspecified atom stereocenters. The second-order valence-electron chi connectivity index (χ2n) is 4.42. The highest BCUT2D eigenvalue weighted by Crippen LogP contribution is 2.30. The molecule has 5 heteroatoms. The van der Waals surface area contributed by atoms with Crippen LogP contribution in [0, 0.1) is 5.82 Å². The van der Waals surface area contributed by atoms with Gasteiger partial charge in [-0.1, -0.05) is 51.3 Å². The van der Waals surface area contributed by atoms with Crippen molar-refractivity contribution in [3.05, 3.63) is 67.9 Å². The van der Waals surface area contributed by atoms with Crippen molar-refractivity contribution >= 4 is 39.1 Å². The molecule has 1 atom stereocenters. The van der Waals surface area contributed by atoms with Crippen LogP contribution in [0.25, 0.3) is 0 Å². The van der Waals surface area contributed by atoms with Crippen LogP contribution in [0.2, 0.25) is 10.0 Å². The first kappa shape index (κ1) is 15.8. The van der Waals surface area contributed by atoms with E-state index in [0.29, 0.717) is 11.4 Å².